The summed E-state index contributed by atoms with van der Waals surface area (Å²) in [7, 11) is 0. The van der Waals surface area contributed by atoms with Gasteiger partial charge in [0.05, 0.1) is 12.5 Å². The minimum absolute atomic E-state index is 0.179. The molecule has 4 amide bonds. The Balaban J connectivity index is 1.73. The summed E-state index contributed by atoms with van der Waals surface area (Å²) in [6.07, 6.45) is 0. The fraction of sp³-hybridized carbons (Fsp3) is 0.667. The summed E-state index contributed by atoms with van der Waals surface area (Å²) in [5.41, 5.74) is 0. The van der Waals surface area contributed by atoms with Gasteiger partial charge in [-0.2, -0.15) is 0 Å². The number of carbonyl (C=O) groups excluding carboxylic acids is 4. The lowest BCUT2D eigenvalue weighted by atomic mass is 10.0. The Morgan fingerprint density at radius 3 is 2.50 bits per heavy atom. The van der Waals surface area contributed by atoms with E-state index in [9.17, 15) is 19.2 Å². The van der Waals surface area contributed by atoms with Crippen molar-refractivity contribution >= 4 is 23.6 Å². The summed E-state index contributed by atoms with van der Waals surface area (Å²) in [4.78, 5) is 46.9. The van der Waals surface area contributed by atoms with Gasteiger partial charge in [0.25, 0.3) is 0 Å². The summed E-state index contributed by atoms with van der Waals surface area (Å²) >= 11 is 0. The third kappa shape index (κ3) is 2.89. The second-order valence-corrected chi connectivity index (χ2v) is 5.20. The number of carbonyl (C=O) groups is 4. The molecule has 0 aromatic rings. The Labute approximate surface area is 116 Å². The molecular formula is C12H18N4O4. The maximum absolute atomic E-state index is 11.8. The molecule has 2 saturated heterocycles. The van der Waals surface area contributed by atoms with E-state index < -0.39 is 18.0 Å². The van der Waals surface area contributed by atoms with Gasteiger partial charge in [-0.15, -0.1) is 0 Å². The number of rotatable bonds is 5. The van der Waals surface area contributed by atoms with Crippen molar-refractivity contribution < 1.29 is 19.2 Å². The molecular weight excluding hydrogens is 264 g/mol. The number of amides is 4. The molecule has 3 atom stereocenters. The molecule has 1 unspecified atom stereocenters. The molecule has 110 valence electrons. The highest BCUT2D eigenvalue weighted by Crippen LogP contribution is 2.13. The van der Waals surface area contributed by atoms with Crippen molar-refractivity contribution in [2.75, 3.05) is 19.6 Å². The van der Waals surface area contributed by atoms with E-state index >= 15 is 0 Å². The predicted molar refractivity (Wildman–Crippen MR) is 68.3 cm³/mol. The molecule has 0 radical (unpaired) electrons. The molecule has 0 aliphatic carbocycles. The van der Waals surface area contributed by atoms with Crippen molar-refractivity contribution in [3.05, 3.63) is 0 Å². The molecule has 8 heteroatoms. The van der Waals surface area contributed by atoms with Crippen LogP contribution in [-0.4, -0.2) is 60.2 Å². The lowest BCUT2D eigenvalue weighted by molar-refractivity contribution is -0.148. The maximum atomic E-state index is 11.8. The fourth-order valence-corrected chi connectivity index (χ4v) is 2.15. The van der Waals surface area contributed by atoms with Crippen molar-refractivity contribution in [1.82, 2.24) is 20.9 Å². The number of nitrogens with zero attached hydrogens (tertiary/aromatic N) is 1. The van der Waals surface area contributed by atoms with E-state index in [0.29, 0.717) is 13.1 Å². The van der Waals surface area contributed by atoms with Crippen LogP contribution in [0.3, 0.4) is 0 Å². The SMILES string of the molecule is CC(=O)N[C@@H]1CN(CC(C)C(=O)N[C@H]2CNC2=O)C1=O. The molecule has 0 bridgehead atoms. The molecule has 3 N–H and O–H groups in total. The van der Waals surface area contributed by atoms with Crippen LogP contribution in [0.15, 0.2) is 0 Å². The second kappa shape index (κ2) is 5.48. The lowest BCUT2D eigenvalue weighted by Crippen LogP contribution is -2.65. The van der Waals surface area contributed by atoms with Crippen LogP contribution in [0.1, 0.15) is 13.8 Å². The largest absolute Gasteiger partial charge is 0.352 e. The Hall–Kier alpha value is -2.12. The standard InChI is InChI=1S/C12H18N4O4/c1-6(10(18)15-8-3-13-11(8)19)4-16-5-9(12(16)20)14-7(2)17/h6,8-9H,3-5H2,1-2H3,(H,13,19)(H,14,17)(H,15,18)/t6?,8-,9+/m0/s1. The van der Waals surface area contributed by atoms with Gasteiger partial charge >= 0.3 is 0 Å². The summed E-state index contributed by atoms with van der Waals surface area (Å²) in [5, 5.41) is 7.69. The van der Waals surface area contributed by atoms with Crippen molar-refractivity contribution in [2.45, 2.75) is 25.9 Å². The highest BCUT2D eigenvalue weighted by atomic mass is 16.2. The van der Waals surface area contributed by atoms with Crippen LogP contribution in [-0.2, 0) is 19.2 Å². The molecule has 2 aliphatic heterocycles. The van der Waals surface area contributed by atoms with Gasteiger partial charge in [-0.3, -0.25) is 19.2 Å². The first-order valence-electron chi connectivity index (χ1n) is 6.52. The number of hydrogen-bond donors (Lipinski definition) is 3. The Morgan fingerprint density at radius 1 is 1.35 bits per heavy atom. The first-order chi connectivity index (χ1) is 9.38. The highest BCUT2D eigenvalue weighted by Gasteiger charge is 2.39. The van der Waals surface area contributed by atoms with Gasteiger partial charge < -0.3 is 20.9 Å². The van der Waals surface area contributed by atoms with E-state index in [1.807, 2.05) is 0 Å². The molecule has 0 aromatic carbocycles. The van der Waals surface area contributed by atoms with Crippen LogP contribution >= 0.6 is 0 Å². The number of nitrogens with one attached hydrogen (secondary N) is 3. The smallest absolute Gasteiger partial charge is 0.247 e. The third-order valence-electron chi connectivity index (χ3n) is 3.45. The molecule has 2 aliphatic rings. The molecule has 8 nitrogen and oxygen atoms in total. The summed E-state index contributed by atoms with van der Waals surface area (Å²) in [6, 6.07) is -0.927. The topological polar surface area (TPSA) is 108 Å². The predicted octanol–water partition coefficient (Wildman–Crippen LogP) is -2.42. The van der Waals surface area contributed by atoms with Gasteiger partial charge in [-0.05, 0) is 0 Å². The lowest BCUT2D eigenvalue weighted by Gasteiger charge is -2.40. The minimum Gasteiger partial charge on any atom is -0.352 e. The highest BCUT2D eigenvalue weighted by molar-refractivity contribution is 5.94. The van der Waals surface area contributed by atoms with E-state index in [1.165, 1.54) is 11.8 Å². The van der Waals surface area contributed by atoms with Crippen LogP contribution in [0.2, 0.25) is 0 Å². The van der Waals surface area contributed by atoms with Crippen molar-refractivity contribution in [1.29, 1.82) is 0 Å². The molecule has 0 saturated carbocycles. The monoisotopic (exact) mass is 282 g/mol. The van der Waals surface area contributed by atoms with Gasteiger partial charge in [0.15, 0.2) is 0 Å². The van der Waals surface area contributed by atoms with Crippen molar-refractivity contribution in [2.24, 2.45) is 5.92 Å². The van der Waals surface area contributed by atoms with Gasteiger partial charge in [0.1, 0.15) is 12.1 Å². The van der Waals surface area contributed by atoms with Crippen molar-refractivity contribution in [3.63, 3.8) is 0 Å². The fourth-order valence-electron chi connectivity index (χ4n) is 2.15. The number of β-lactam (4-membered cyclic amide) rings is 2. The zero-order valence-electron chi connectivity index (χ0n) is 11.4. The quantitative estimate of drug-likeness (QED) is 0.488. The van der Waals surface area contributed by atoms with Gasteiger partial charge in [-0.1, -0.05) is 6.92 Å². The van der Waals surface area contributed by atoms with Gasteiger partial charge in [0.2, 0.25) is 23.6 Å². The maximum Gasteiger partial charge on any atom is 0.247 e. The first kappa shape index (κ1) is 14.3. The third-order valence-corrected chi connectivity index (χ3v) is 3.45. The molecule has 2 fully saturated rings. The van der Waals surface area contributed by atoms with E-state index in [4.69, 9.17) is 0 Å². The number of likely N-dealkylation sites (tertiary alicyclic amines) is 1. The van der Waals surface area contributed by atoms with Crippen LogP contribution in [0.25, 0.3) is 0 Å². The van der Waals surface area contributed by atoms with E-state index in [2.05, 4.69) is 16.0 Å². The average molecular weight is 282 g/mol. The zero-order valence-corrected chi connectivity index (χ0v) is 11.4. The number of hydrogen-bond acceptors (Lipinski definition) is 4. The Morgan fingerprint density at radius 2 is 2.05 bits per heavy atom. The first-order valence-corrected chi connectivity index (χ1v) is 6.52. The average Bonchev–Trinajstić information content (AvgIpc) is 2.40. The van der Waals surface area contributed by atoms with E-state index in [1.54, 1.807) is 6.92 Å². The Kier molecular flexibility index (Phi) is 3.91. The van der Waals surface area contributed by atoms with E-state index in [-0.39, 0.29) is 30.2 Å². The van der Waals surface area contributed by atoms with Crippen LogP contribution in [0.5, 0.6) is 0 Å². The molecule has 20 heavy (non-hydrogen) atoms. The summed E-state index contributed by atoms with van der Waals surface area (Å²) < 4.78 is 0. The molecule has 2 heterocycles. The summed E-state index contributed by atoms with van der Waals surface area (Å²) in [5.74, 6) is -1.26. The van der Waals surface area contributed by atoms with Crippen molar-refractivity contribution in [3.8, 4) is 0 Å². The molecule has 2 rings (SSSR count). The molecule has 0 aromatic heterocycles. The van der Waals surface area contributed by atoms with Crippen LogP contribution in [0, 0.1) is 5.92 Å². The summed E-state index contributed by atoms with van der Waals surface area (Å²) in [6.45, 7) is 4.21. The van der Waals surface area contributed by atoms with Crippen LogP contribution in [0.4, 0.5) is 0 Å². The van der Waals surface area contributed by atoms with Gasteiger partial charge in [0, 0.05) is 20.0 Å². The Bertz CT molecular complexity index is 464. The normalized spacial score (nSPS) is 26.0. The zero-order chi connectivity index (χ0) is 14.9. The van der Waals surface area contributed by atoms with E-state index in [0.717, 1.165) is 0 Å². The van der Waals surface area contributed by atoms with Crippen LogP contribution < -0.4 is 16.0 Å². The molecule has 0 spiro atoms. The second-order valence-electron chi connectivity index (χ2n) is 5.20. The van der Waals surface area contributed by atoms with Gasteiger partial charge in [-0.25, -0.2) is 0 Å². The minimum atomic E-state index is -0.472.